The summed E-state index contributed by atoms with van der Waals surface area (Å²) >= 11 is 0. The Morgan fingerprint density at radius 1 is 1.07 bits per heavy atom. The second kappa shape index (κ2) is 8.03. The van der Waals surface area contributed by atoms with Gasteiger partial charge in [-0.2, -0.15) is 0 Å². The number of halogens is 1. The van der Waals surface area contributed by atoms with E-state index >= 15 is 0 Å². The number of benzene rings is 2. The third-order valence-electron chi connectivity index (χ3n) is 4.40. The fourth-order valence-electron chi connectivity index (χ4n) is 2.58. The van der Waals surface area contributed by atoms with Gasteiger partial charge in [-0.1, -0.05) is 17.3 Å². The van der Waals surface area contributed by atoms with Crippen LogP contribution in [-0.2, 0) is 16.1 Å². The third-order valence-corrected chi connectivity index (χ3v) is 4.40. The van der Waals surface area contributed by atoms with Gasteiger partial charge in [0.25, 0.3) is 0 Å². The minimum Gasteiger partial charge on any atom is -0.482 e. The summed E-state index contributed by atoms with van der Waals surface area (Å²) in [5.41, 5.74) is 4.03. The predicted molar refractivity (Wildman–Crippen MR) is 97.8 cm³/mol. The first-order valence-electron chi connectivity index (χ1n) is 8.51. The van der Waals surface area contributed by atoms with Crippen molar-refractivity contribution < 1.29 is 23.2 Å². The Bertz CT molecular complexity index is 947. The Balaban J connectivity index is 1.58. The maximum Gasteiger partial charge on any atom is 0.344 e. The summed E-state index contributed by atoms with van der Waals surface area (Å²) < 4.78 is 29.1. The first-order chi connectivity index (χ1) is 13.0. The van der Waals surface area contributed by atoms with E-state index in [0.717, 1.165) is 16.7 Å². The number of ether oxygens (including phenoxy) is 2. The van der Waals surface area contributed by atoms with E-state index in [1.807, 2.05) is 39.0 Å². The highest BCUT2D eigenvalue weighted by Crippen LogP contribution is 2.26. The molecule has 1 heterocycles. The van der Waals surface area contributed by atoms with Crippen molar-refractivity contribution >= 4 is 5.97 Å². The first-order valence-corrected chi connectivity index (χ1v) is 8.51. The van der Waals surface area contributed by atoms with Crippen molar-refractivity contribution in [2.24, 2.45) is 0 Å². The van der Waals surface area contributed by atoms with Crippen LogP contribution in [0, 0.1) is 26.6 Å². The molecule has 0 saturated heterocycles. The van der Waals surface area contributed by atoms with Crippen molar-refractivity contribution in [2.45, 2.75) is 27.4 Å². The molecule has 0 atom stereocenters. The predicted octanol–water partition coefficient (Wildman–Crippen LogP) is 4.53. The summed E-state index contributed by atoms with van der Waals surface area (Å²) in [4.78, 5) is 12.0. The molecule has 0 fully saturated rings. The molecule has 5 nitrogen and oxygen atoms in total. The second-order valence-electron chi connectivity index (χ2n) is 6.24. The molecule has 0 unspecified atom stereocenters. The number of carbonyl (C=O) groups is 1. The van der Waals surface area contributed by atoms with Crippen LogP contribution in [0.15, 0.2) is 47.0 Å². The van der Waals surface area contributed by atoms with Gasteiger partial charge in [0.15, 0.2) is 12.4 Å². The molecule has 0 amide bonds. The van der Waals surface area contributed by atoms with Gasteiger partial charge >= 0.3 is 5.97 Å². The van der Waals surface area contributed by atoms with Gasteiger partial charge in [0, 0.05) is 11.1 Å². The lowest BCUT2D eigenvalue weighted by molar-refractivity contribution is -0.147. The van der Waals surface area contributed by atoms with Gasteiger partial charge in [0.2, 0.25) is 0 Å². The van der Waals surface area contributed by atoms with Crippen molar-refractivity contribution in [3.05, 3.63) is 70.7 Å². The second-order valence-corrected chi connectivity index (χ2v) is 6.24. The van der Waals surface area contributed by atoms with Crippen LogP contribution in [0.2, 0.25) is 0 Å². The molecule has 3 aromatic rings. The summed E-state index contributed by atoms with van der Waals surface area (Å²) in [6, 6.07) is 11.6. The van der Waals surface area contributed by atoms with Gasteiger partial charge in [-0.05, 0) is 62.2 Å². The van der Waals surface area contributed by atoms with Crippen LogP contribution in [0.3, 0.4) is 0 Å². The largest absolute Gasteiger partial charge is 0.482 e. The van der Waals surface area contributed by atoms with E-state index in [4.69, 9.17) is 14.0 Å². The molecule has 3 rings (SSSR count). The zero-order valence-corrected chi connectivity index (χ0v) is 15.4. The molecule has 2 aromatic carbocycles. The van der Waals surface area contributed by atoms with Gasteiger partial charge < -0.3 is 14.0 Å². The molecule has 0 N–H and O–H groups in total. The number of carbonyl (C=O) groups excluding carboxylic acids is 1. The van der Waals surface area contributed by atoms with Crippen LogP contribution in [0.4, 0.5) is 4.39 Å². The fourth-order valence-corrected chi connectivity index (χ4v) is 2.58. The Kier molecular flexibility index (Phi) is 5.54. The zero-order valence-electron chi connectivity index (χ0n) is 15.4. The zero-order chi connectivity index (χ0) is 19.4. The smallest absolute Gasteiger partial charge is 0.344 e. The summed E-state index contributed by atoms with van der Waals surface area (Å²) in [6.45, 7) is 5.51. The maximum absolute atomic E-state index is 13.0. The molecule has 0 aliphatic carbocycles. The molecule has 0 radical (unpaired) electrons. The van der Waals surface area contributed by atoms with Crippen molar-refractivity contribution in [2.75, 3.05) is 6.61 Å². The van der Waals surface area contributed by atoms with Gasteiger partial charge in [-0.3, -0.25) is 0 Å². The molecular formula is C21H20FNO4. The maximum atomic E-state index is 13.0. The number of rotatable bonds is 6. The standard InChI is InChI=1S/C21H20FNO4/c1-13-5-4-6-19(14(13)2)25-12-20(24)26-11-18-15(3)21(27-23-18)16-7-9-17(22)10-8-16/h4-10H,11-12H2,1-3H3. The third kappa shape index (κ3) is 4.34. The lowest BCUT2D eigenvalue weighted by atomic mass is 10.1. The van der Waals surface area contributed by atoms with E-state index in [0.29, 0.717) is 22.8 Å². The SMILES string of the molecule is Cc1cccc(OCC(=O)OCc2noc(-c3ccc(F)cc3)c2C)c1C. The molecule has 1 aromatic heterocycles. The highest BCUT2D eigenvalue weighted by atomic mass is 19.1. The lowest BCUT2D eigenvalue weighted by Gasteiger charge is -2.10. The van der Waals surface area contributed by atoms with E-state index in [1.54, 1.807) is 12.1 Å². The average molecular weight is 369 g/mol. The van der Waals surface area contributed by atoms with E-state index in [9.17, 15) is 9.18 Å². The molecule has 0 spiro atoms. The van der Waals surface area contributed by atoms with Crippen LogP contribution in [-0.4, -0.2) is 17.7 Å². The minimum absolute atomic E-state index is 0.0223. The Morgan fingerprint density at radius 3 is 2.56 bits per heavy atom. The fraction of sp³-hybridized carbons (Fsp3) is 0.238. The van der Waals surface area contributed by atoms with Crippen molar-refractivity contribution in [1.82, 2.24) is 5.16 Å². The summed E-state index contributed by atoms with van der Waals surface area (Å²) in [6.07, 6.45) is 0. The minimum atomic E-state index is -0.498. The molecular weight excluding hydrogens is 349 g/mol. The van der Waals surface area contributed by atoms with Crippen LogP contribution in [0.5, 0.6) is 5.75 Å². The van der Waals surface area contributed by atoms with Crippen molar-refractivity contribution in [1.29, 1.82) is 0 Å². The van der Waals surface area contributed by atoms with Gasteiger partial charge in [0.05, 0.1) is 0 Å². The van der Waals surface area contributed by atoms with Crippen LogP contribution in [0.25, 0.3) is 11.3 Å². The number of hydrogen-bond acceptors (Lipinski definition) is 5. The Morgan fingerprint density at radius 2 is 1.81 bits per heavy atom. The van der Waals surface area contributed by atoms with Crippen LogP contribution >= 0.6 is 0 Å². The highest BCUT2D eigenvalue weighted by molar-refractivity contribution is 5.71. The normalized spacial score (nSPS) is 10.7. The average Bonchev–Trinajstić information content (AvgIpc) is 3.02. The molecule has 0 aliphatic heterocycles. The number of aryl methyl sites for hydroxylation is 1. The van der Waals surface area contributed by atoms with Gasteiger partial charge in [-0.15, -0.1) is 0 Å². The topological polar surface area (TPSA) is 61.6 Å². The van der Waals surface area contributed by atoms with Crippen LogP contribution < -0.4 is 4.74 Å². The highest BCUT2D eigenvalue weighted by Gasteiger charge is 2.16. The molecule has 0 bridgehead atoms. The molecule has 140 valence electrons. The van der Waals surface area contributed by atoms with Crippen molar-refractivity contribution in [3.63, 3.8) is 0 Å². The summed E-state index contributed by atoms with van der Waals surface area (Å²) in [5, 5.41) is 3.94. The van der Waals surface area contributed by atoms with Gasteiger partial charge in [-0.25, -0.2) is 9.18 Å². The monoisotopic (exact) mass is 369 g/mol. The van der Waals surface area contributed by atoms with E-state index in [-0.39, 0.29) is 19.0 Å². The molecule has 0 saturated carbocycles. The first kappa shape index (κ1) is 18.6. The quantitative estimate of drug-likeness (QED) is 0.598. The molecule has 0 aliphatic rings. The molecule has 27 heavy (non-hydrogen) atoms. The lowest BCUT2D eigenvalue weighted by Crippen LogP contribution is -2.15. The number of hydrogen-bond donors (Lipinski definition) is 0. The summed E-state index contributed by atoms with van der Waals surface area (Å²) in [7, 11) is 0. The number of nitrogens with zero attached hydrogens (tertiary/aromatic N) is 1. The Hall–Kier alpha value is -3.15. The number of esters is 1. The molecule has 6 heteroatoms. The van der Waals surface area contributed by atoms with Crippen LogP contribution in [0.1, 0.15) is 22.4 Å². The van der Waals surface area contributed by atoms with E-state index in [1.165, 1.54) is 12.1 Å². The van der Waals surface area contributed by atoms with Gasteiger partial charge in [0.1, 0.15) is 23.9 Å². The Labute approximate surface area is 156 Å². The van der Waals surface area contributed by atoms with E-state index in [2.05, 4.69) is 5.16 Å². The summed E-state index contributed by atoms with van der Waals surface area (Å²) in [5.74, 6) is 0.353. The van der Waals surface area contributed by atoms with E-state index < -0.39 is 5.97 Å². The number of aromatic nitrogens is 1. The van der Waals surface area contributed by atoms with Crippen molar-refractivity contribution in [3.8, 4) is 17.1 Å².